The van der Waals surface area contributed by atoms with Crippen LogP contribution >= 0.6 is 15.9 Å². The SMILES string of the molecule is CC(NC(=O)NNC(=O)c1ccc(COc2ccccc2)o1)c1ccc(Br)cc1. The van der Waals surface area contributed by atoms with Gasteiger partial charge in [0.15, 0.2) is 5.76 Å². The zero-order chi connectivity index (χ0) is 20.6. The molecule has 0 aliphatic rings. The number of halogens is 1. The highest BCUT2D eigenvalue weighted by molar-refractivity contribution is 9.10. The summed E-state index contributed by atoms with van der Waals surface area (Å²) >= 11 is 3.37. The predicted octanol–water partition coefficient (Wildman–Crippen LogP) is 4.33. The normalized spacial score (nSPS) is 11.4. The third-order valence-electron chi connectivity index (χ3n) is 4.02. The van der Waals surface area contributed by atoms with Crippen molar-refractivity contribution in [2.75, 3.05) is 0 Å². The van der Waals surface area contributed by atoms with Crippen molar-refractivity contribution < 1.29 is 18.7 Å². The lowest BCUT2D eigenvalue weighted by molar-refractivity contribution is 0.0904. The number of carbonyl (C=O) groups excluding carboxylic acids is 2. The molecule has 0 aliphatic heterocycles. The van der Waals surface area contributed by atoms with Crippen LogP contribution in [0.5, 0.6) is 5.75 Å². The highest BCUT2D eigenvalue weighted by Gasteiger charge is 2.14. The highest BCUT2D eigenvalue weighted by Crippen LogP contribution is 2.16. The van der Waals surface area contributed by atoms with E-state index in [1.807, 2.05) is 61.5 Å². The number of urea groups is 1. The largest absolute Gasteiger partial charge is 0.486 e. The van der Waals surface area contributed by atoms with Gasteiger partial charge in [0, 0.05) is 4.47 Å². The van der Waals surface area contributed by atoms with Crippen molar-refractivity contribution in [1.82, 2.24) is 16.2 Å². The van der Waals surface area contributed by atoms with Gasteiger partial charge in [0.25, 0.3) is 0 Å². The van der Waals surface area contributed by atoms with E-state index in [-0.39, 0.29) is 18.4 Å². The first kappa shape index (κ1) is 20.5. The van der Waals surface area contributed by atoms with Crippen LogP contribution in [-0.4, -0.2) is 11.9 Å². The van der Waals surface area contributed by atoms with Gasteiger partial charge in [-0.25, -0.2) is 10.2 Å². The Kier molecular flexibility index (Phi) is 6.91. The molecule has 29 heavy (non-hydrogen) atoms. The number of rotatable bonds is 6. The fourth-order valence-corrected chi connectivity index (χ4v) is 2.76. The Morgan fingerprint density at radius 1 is 1.00 bits per heavy atom. The number of furan rings is 1. The molecule has 3 aromatic rings. The van der Waals surface area contributed by atoms with Crippen LogP contribution in [0.3, 0.4) is 0 Å². The second-order valence-corrected chi connectivity index (χ2v) is 7.11. The first-order chi connectivity index (χ1) is 14.0. The molecule has 1 aromatic heterocycles. The molecule has 0 saturated carbocycles. The predicted molar refractivity (Wildman–Crippen MR) is 111 cm³/mol. The minimum Gasteiger partial charge on any atom is -0.486 e. The maximum absolute atomic E-state index is 12.1. The number of nitrogens with one attached hydrogen (secondary N) is 3. The molecule has 0 saturated heterocycles. The summed E-state index contributed by atoms with van der Waals surface area (Å²) in [7, 11) is 0. The quantitative estimate of drug-likeness (QED) is 0.480. The van der Waals surface area contributed by atoms with E-state index in [1.165, 1.54) is 6.07 Å². The first-order valence-electron chi connectivity index (χ1n) is 8.90. The number of hydrazine groups is 1. The smallest absolute Gasteiger partial charge is 0.333 e. The lowest BCUT2D eigenvalue weighted by Gasteiger charge is -2.15. The summed E-state index contributed by atoms with van der Waals surface area (Å²) in [6, 6.07) is 19.3. The molecule has 3 rings (SSSR count). The summed E-state index contributed by atoms with van der Waals surface area (Å²) in [4.78, 5) is 24.1. The van der Waals surface area contributed by atoms with Gasteiger partial charge < -0.3 is 14.5 Å². The Hall–Kier alpha value is -3.26. The van der Waals surface area contributed by atoms with Crippen molar-refractivity contribution >= 4 is 27.9 Å². The number of amides is 3. The first-order valence-corrected chi connectivity index (χ1v) is 9.69. The summed E-state index contributed by atoms with van der Waals surface area (Å²) in [5.74, 6) is 0.695. The molecule has 0 aliphatic carbocycles. The average Bonchev–Trinajstić information content (AvgIpc) is 3.21. The Morgan fingerprint density at radius 2 is 1.72 bits per heavy atom. The summed E-state index contributed by atoms with van der Waals surface area (Å²) < 4.78 is 12.0. The molecule has 3 amide bonds. The Bertz CT molecular complexity index is 958. The molecule has 150 valence electrons. The summed E-state index contributed by atoms with van der Waals surface area (Å²) in [5.41, 5.74) is 5.55. The van der Waals surface area contributed by atoms with Crippen molar-refractivity contribution in [3.63, 3.8) is 0 Å². The Balaban J connectivity index is 1.44. The maximum Gasteiger partial charge on any atom is 0.333 e. The van der Waals surface area contributed by atoms with Crippen LogP contribution in [-0.2, 0) is 6.61 Å². The molecule has 1 heterocycles. The number of carbonyl (C=O) groups is 2. The summed E-state index contributed by atoms with van der Waals surface area (Å²) in [6.07, 6.45) is 0. The molecule has 1 atom stereocenters. The van der Waals surface area contributed by atoms with Gasteiger partial charge in [-0.15, -0.1) is 0 Å². The monoisotopic (exact) mass is 457 g/mol. The second-order valence-electron chi connectivity index (χ2n) is 6.19. The fourth-order valence-electron chi connectivity index (χ4n) is 2.49. The van der Waals surface area contributed by atoms with E-state index < -0.39 is 11.9 Å². The van der Waals surface area contributed by atoms with Crippen LogP contribution in [0.15, 0.2) is 75.6 Å². The van der Waals surface area contributed by atoms with Crippen molar-refractivity contribution in [3.8, 4) is 5.75 Å². The number of para-hydroxylation sites is 1. The van der Waals surface area contributed by atoms with Crippen LogP contribution in [0.4, 0.5) is 4.79 Å². The van der Waals surface area contributed by atoms with Crippen molar-refractivity contribution in [1.29, 1.82) is 0 Å². The summed E-state index contributed by atoms with van der Waals surface area (Å²) in [5, 5.41) is 2.74. The van der Waals surface area contributed by atoms with Gasteiger partial charge in [-0.1, -0.05) is 46.3 Å². The zero-order valence-corrected chi connectivity index (χ0v) is 17.2. The van der Waals surface area contributed by atoms with Crippen LogP contribution in [0.1, 0.15) is 34.8 Å². The van der Waals surface area contributed by atoms with Crippen molar-refractivity contribution in [2.24, 2.45) is 0 Å². The highest BCUT2D eigenvalue weighted by atomic mass is 79.9. The van der Waals surface area contributed by atoms with Crippen LogP contribution < -0.4 is 20.9 Å². The molecule has 0 radical (unpaired) electrons. The summed E-state index contributed by atoms with van der Waals surface area (Å²) in [6.45, 7) is 2.03. The van der Waals surface area contributed by atoms with Gasteiger partial charge in [0.05, 0.1) is 6.04 Å². The van der Waals surface area contributed by atoms with E-state index >= 15 is 0 Å². The topological polar surface area (TPSA) is 92.6 Å². The lowest BCUT2D eigenvalue weighted by atomic mass is 10.1. The van der Waals surface area contributed by atoms with Crippen molar-refractivity contribution in [3.05, 3.63) is 88.3 Å². The molecular formula is C21H20BrN3O4. The number of hydrogen-bond donors (Lipinski definition) is 3. The van der Waals surface area contributed by atoms with E-state index in [9.17, 15) is 9.59 Å². The standard InChI is InChI=1S/C21H20BrN3O4/c1-14(15-7-9-16(22)10-8-15)23-21(27)25-24-20(26)19-12-11-18(29-19)13-28-17-5-3-2-4-6-17/h2-12,14H,13H2,1H3,(H,24,26)(H2,23,25,27). The molecule has 1 unspecified atom stereocenters. The fraction of sp³-hybridized carbons (Fsp3) is 0.143. The van der Waals surface area contributed by atoms with Crippen LogP contribution in [0.25, 0.3) is 0 Å². The molecular weight excluding hydrogens is 438 g/mol. The van der Waals surface area contributed by atoms with E-state index in [4.69, 9.17) is 9.15 Å². The van der Waals surface area contributed by atoms with Gasteiger partial charge in [-0.3, -0.25) is 10.2 Å². The van der Waals surface area contributed by atoms with Gasteiger partial charge in [0.2, 0.25) is 0 Å². The minimum atomic E-state index is -0.567. The molecule has 0 spiro atoms. The van der Waals surface area contributed by atoms with E-state index in [1.54, 1.807) is 6.07 Å². The Labute approximate surface area is 176 Å². The molecule has 3 N–H and O–H groups in total. The molecule has 8 heteroatoms. The van der Waals surface area contributed by atoms with Crippen LogP contribution in [0, 0.1) is 0 Å². The molecule has 0 bridgehead atoms. The number of ether oxygens (including phenoxy) is 1. The lowest BCUT2D eigenvalue weighted by Crippen LogP contribution is -2.47. The molecule has 2 aromatic carbocycles. The maximum atomic E-state index is 12.1. The number of benzene rings is 2. The molecule has 0 fully saturated rings. The van der Waals surface area contributed by atoms with E-state index in [0.29, 0.717) is 11.5 Å². The van der Waals surface area contributed by atoms with Gasteiger partial charge in [-0.2, -0.15) is 0 Å². The molecule has 7 nitrogen and oxygen atoms in total. The van der Waals surface area contributed by atoms with E-state index in [0.717, 1.165) is 10.0 Å². The van der Waals surface area contributed by atoms with Crippen molar-refractivity contribution in [2.45, 2.75) is 19.6 Å². The van der Waals surface area contributed by atoms with Crippen LogP contribution in [0.2, 0.25) is 0 Å². The third kappa shape index (κ3) is 6.11. The number of hydrogen-bond acceptors (Lipinski definition) is 4. The third-order valence-corrected chi connectivity index (χ3v) is 4.55. The van der Waals surface area contributed by atoms with Gasteiger partial charge in [-0.05, 0) is 48.9 Å². The second kappa shape index (κ2) is 9.79. The van der Waals surface area contributed by atoms with Gasteiger partial charge in [0.1, 0.15) is 18.1 Å². The minimum absolute atomic E-state index is 0.0675. The average molecular weight is 458 g/mol. The Morgan fingerprint density at radius 3 is 2.45 bits per heavy atom. The van der Waals surface area contributed by atoms with E-state index in [2.05, 4.69) is 32.1 Å². The van der Waals surface area contributed by atoms with Gasteiger partial charge >= 0.3 is 11.9 Å². The zero-order valence-electron chi connectivity index (χ0n) is 15.6.